The second-order valence-electron chi connectivity index (χ2n) is 3.97. The Bertz CT molecular complexity index is 547. The van der Waals surface area contributed by atoms with Crippen LogP contribution in [0.4, 0.5) is 0 Å². The number of sulfonamides is 1. The molecule has 1 aromatic heterocycles. The summed E-state index contributed by atoms with van der Waals surface area (Å²) in [5.41, 5.74) is 0. The molecule has 18 heavy (non-hydrogen) atoms. The highest BCUT2D eigenvalue weighted by atomic mass is 32.2. The average molecular weight is 293 g/mol. The molecule has 0 bridgehead atoms. The van der Waals surface area contributed by atoms with Crippen LogP contribution in [0.3, 0.4) is 0 Å². The Kier molecular flexibility index (Phi) is 4.49. The molecule has 0 spiro atoms. The average Bonchev–Trinajstić information content (AvgIpc) is 2.59. The number of carbonyl (C=O) groups is 1. The standard InChI is InChI=1S/C10H15NO5S2/c1-6(12)5-11(3)18(15,16)9-4-8(10(13)14)17-7(9)2/h4,6,12H,5H2,1-3H3,(H,13,14). The first-order valence-corrected chi connectivity index (χ1v) is 7.40. The van der Waals surface area contributed by atoms with E-state index in [1.807, 2.05) is 0 Å². The van der Waals surface area contributed by atoms with Crippen molar-refractivity contribution >= 4 is 27.3 Å². The van der Waals surface area contributed by atoms with Crippen LogP contribution in [-0.2, 0) is 10.0 Å². The number of carboxylic acid groups (broad SMARTS) is 1. The van der Waals surface area contributed by atoms with E-state index < -0.39 is 22.1 Å². The van der Waals surface area contributed by atoms with Crippen molar-refractivity contribution in [3.8, 4) is 0 Å². The maximum atomic E-state index is 12.2. The molecule has 0 amide bonds. The molecule has 6 nitrogen and oxygen atoms in total. The van der Waals surface area contributed by atoms with Gasteiger partial charge in [-0.15, -0.1) is 11.3 Å². The lowest BCUT2D eigenvalue weighted by molar-refractivity contribution is 0.0702. The summed E-state index contributed by atoms with van der Waals surface area (Å²) in [5, 5.41) is 18.0. The van der Waals surface area contributed by atoms with Crippen LogP contribution in [0, 0.1) is 6.92 Å². The molecule has 8 heteroatoms. The minimum Gasteiger partial charge on any atom is -0.477 e. The maximum Gasteiger partial charge on any atom is 0.345 e. The van der Waals surface area contributed by atoms with Gasteiger partial charge in [-0.3, -0.25) is 0 Å². The number of aliphatic hydroxyl groups is 1. The molecule has 0 aliphatic heterocycles. The van der Waals surface area contributed by atoms with Crippen molar-refractivity contribution in [2.24, 2.45) is 0 Å². The number of hydrogen-bond acceptors (Lipinski definition) is 5. The Morgan fingerprint density at radius 1 is 1.56 bits per heavy atom. The minimum absolute atomic E-state index is 0.0171. The van der Waals surface area contributed by atoms with Gasteiger partial charge in [-0.2, -0.15) is 4.31 Å². The van der Waals surface area contributed by atoms with E-state index in [0.717, 1.165) is 21.7 Å². The van der Waals surface area contributed by atoms with Gasteiger partial charge in [-0.05, 0) is 19.9 Å². The Balaban J connectivity index is 3.16. The summed E-state index contributed by atoms with van der Waals surface area (Å²) in [6, 6.07) is 1.15. The summed E-state index contributed by atoms with van der Waals surface area (Å²) in [4.78, 5) is 11.2. The number of hydrogen-bond donors (Lipinski definition) is 2. The smallest absolute Gasteiger partial charge is 0.345 e. The molecule has 1 unspecified atom stereocenters. The predicted octanol–water partition coefficient (Wildman–Crippen LogP) is 0.756. The summed E-state index contributed by atoms with van der Waals surface area (Å²) < 4.78 is 25.3. The largest absolute Gasteiger partial charge is 0.477 e. The van der Waals surface area contributed by atoms with E-state index in [2.05, 4.69) is 0 Å². The third-order valence-corrected chi connectivity index (χ3v) is 5.41. The van der Waals surface area contributed by atoms with Crippen molar-refractivity contribution in [3.63, 3.8) is 0 Å². The maximum absolute atomic E-state index is 12.2. The Hall–Kier alpha value is -0.960. The predicted molar refractivity (Wildman–Crippen MR) is 67.5 cm³/mol. The van der Waals surface area contributed by atoms with Gasteiger partial charge in [-0.1, -0.05) is 0 Å². The van der Waals surface area contributed by atoms with E-state index in [1.54, 1.807) is 6.92 Å². The van der Waals surface area contributed by atoms with Crippen LogP contribution in [0.5, 0.6) is 0 Å². The summed E-state index contributed by atoms with van der Waals surface area (Å²) in [7, 11) is -2.41. The Morgan fingerprint density at radius 2 is 2.11 bits per heavy atom. The molecule has 0 aliphatic rings. The highest BCUT2D eigenvalue weighted by Crippen LogP contribution is 2.27. The van der Waals surface area contributed by atoms with Gasteiger partial charge in [0.05, 0.1) is 11.0 Å². The van der Waals surface area contributed by atoms with Gasteiger partial charge in [0.25, 0.3) is 0 Å². The molecule has 0 radical (unpaired) electrons. The van der Waals surface area contributed by atoms with Crippen molar-refractivity contribution in [3.05, 3.63) is 15.8 Å². The quantitative estimate of drug-likeness (QED) is 0.835. The number of thiophene rings is 1. The third-order valence-electron chi connectivity index (χ3n) is 2.29. The number of aromatic carboxylic acids is 1. The van der Waals surface area contributed by atoms with Gasteiger partial charge in [-0.25, -0.2) is 13.2 Å². The normalized spacial score (nSPS) is 13.8. The van der Waals surface area contributed by atoms with Crippen molar-refractivity contribution in [1.82, 2.24) is 4.31 Å². The van der Waals surface area contributed by atoms with E-state index in [9.17, 15) is 18.3 Å². The molecule has 0 aromatic carbocycles. The second kappa shape index (κ2) is 5.35. The van der Waals surface area contributed by atoms with E-state index in [4.69, 9.17) is 5.11 Å². The SMILES string of the molecule is Cc1sc(C(=O)O)cc1S(=O)(=O)N(C)CC(C)O. The fraction of sp³-hybridized carbons (Fsp3) is 0.500. The van der Waals surface area contributed by atoms with Crippen LogP contribution in [0.25, 0.3) is 0 Å². The van der Waals surface area contributed by atoms with Crippen LogP contribution >= 0.6 is 11.3 Å². The summed E-state index contributed by atoms with van der Waals surface area (Å²) in [5.74, 6) is -1.15. The van der Waals surface area contributed by atoms with Crippen LogP contribution in [0.2, 0.25) is 0 Å². The first-order valence-electron chi connectivity index (χ1n) is 5.14. The van der Waals surface area contributed by atoms with Gasteiger partial charge in [0, 0.05) is 18.5 Å². The van der Waals surface area contributed by atoms with Crippen LogP contribution in [0.1, 0.15) is 21.5 Å². The van der Waals surface area contributed by atoms with Gasteiger partial charge in [0.15, 0.2) is 0 Å². The summed E-state index contributed by atoms with van der Waals surface area (Å²) >= 11 is 0.918. The molecule has 0 aliphatic carbocycles. The van der Waals surface area contributed by atoms with E-state index in [0.29, 0.717) is 4.88 Å². The highest BCUT2D eigenvalue weighted by Gasteiger charge is 2.26. The van der Waals surface area contributed by atoms with Gasteiger partial charge >= 0.3 is 5.97 Å². The zero-order chi connectivity index (χ0) is 14.1. The topological polar surface area (TPSA) is 94.9 Å². The van der Waals surface area contributed by atoms with Gasteiger partial charge in [0.2, 0.25) is 10.0 Å². The van der Waals surface area contributed by atoms with E-state index in [1.165, 1.54) is 14.0 Å². The van der Waals surface area contributed by atoms with Gasteiger partial charge < -0.3 is 10.2 Å². The zero-order valence-corrected chi connectivity index (χ0v) is 11.9. The van der Waals surface area contributed by atoms with Crippen molar-refractivity contribution in [1.29, 1.82) is 0 Å². The number of rotatable bonds is 5. The van der Waals surface area contributed by atoms with Crippen molar-refractivity contribution in [2.45, 2.75) is 24.8 Å². The number of aliphatic hydroxyl groups excluding tert-OH is 1. The Morgan fingerprint density at radius 3 is 2.50 bits per heavy atom. The molecule has 0 saturated heterocycles. The van der Waals surface area contributed by atoms with E-state index in [-0.39, 0.29) is 16.3 Å². The molecular formula is C10H15NO5S2. The number of carboxylic acids is 1. The van der Waals surface area contributed by atoms with Crippen LogP contribution < -0.4 is 0 Å². The molecule has 1 heterocycles. The third kappa shape index (κ3) is 3.08. The molecule has 0 saturated carbocycles. The fourth-order valence-corrected chi connectivity index (χ4v) is 4.11. The molecule has 2 N–H and O–H groups in total. The lowest BCUT2D eigenvalue weighted by Gasteiger charge is -2.18. The molecule has 102 valence electrons. The highest BCUT2D eigenvalue weighted by molar-refractivity contribution is 7.89. The van der Waals surface area contributed by atoms with Crippen molar-refractivity contribution in [2.75, 3.05) is 13.6 Å². The zero-order valence-electron chi connectivity index (χ0n) is 10.2. The summed E-state index contributed by atoms with van der Waals surface area (Å²) in [6.07, 6.45) is -0.789. The molecule has 1 rings (SSSR count). The molecule has 1 aromatic rings. The van der Waals surface area contributed by atoms with Crippen molar-refractivity contribution < 1.29 is 23.4 Å². The Labute approximate surface area is 110 Å². The molecular weight excluding hydrogens is 278 g/mol. The number of nitrogens with zero attached hydrogens (tertiary/aromatic N) is 1. The lowest BCUT2D eigenvalue weighted by Crippen LogP contribution is -2.33. The first kappa shape index (κ1) is 15.1. The first-order chi connectivity index (χ1) is 8.16. The van der Waals surface area contributed by atoms with Crippen LogP contribution in [-0.4, -0.2) is 48.6 Å². The number of likely N-dealkylation sites (N-methyl/N-ethyl adjacent to an activating group) is 1. The van der Waals surface area contributed by atoms with Crippen LogP contribution in [0.15, 0.2) is 11.0 Å². The van der Waals surface area contributed by atoms with E-state index >= 15 is 0 Å². The number of aryl methyl sites for hydroxylation is 1. The lowest BCUT2D eigenvalue weighted by atomic mass is 10.4. The monoisotopic (exact) mass is 293 g/mol. The minimum atomic E-state index is -3.76. The second-order valence-corrected chi connectivity index (χ2v) is 7.24. The van der Waals surface area contributed by atoms with Gasteiger partial charge in [0.1, 0.15) is 4.88 Å². The molecule has 0 fully saturated rings. The fourth-order valence-electron chi connectivity index (χ4n) is 1.46. The molecule has 1 atom stereocenters. The summed E-state index contributed by atoms with van der Waals surface area (Å²) in [6.45, 7) is 3.00.